The minimum absolute atomic E-state index is 0.444. The largest absolute Gasteiger partial charge is 0.371 e. The molecule has 0 bridgehead atoms. The Hall–Kier alpha value is -1.02. The number of benzene rings is 1. The second-order valence-electron chi connectivity index (χ2n) is 6.88. The Labute approximate surface area is 123 Å². The highest BCUT2D eigenvalue weighted by Gasteiger charge is 2.28. The average molecular weight is 272 g/mol. The van der Waals surface area contributed by atoms with Crippen molar-refractivity contribution in [1.29, 1.82) is 0 Å². The summed E-state index contributed by atoms with van der Waals surface area (Å²) < 4.78 is 0. The molecule has 3 rings (SSSR count). The van der Waals surface area contributed by atoms with E-state index in [1.54, 1.807) is 0 Å². The molecule has 1 aromatic rings. The van der Waals surface area contributed by atoms with Crippen molar-refractivity contribution < 1.29 is 0 Å². The lowest BCUT2D eigenvalue weighted by Crippen LogP contribution is -2.31. The van der Waals surface area contributed by atoms with Crippen molar-refractivity contribution in [3.63, 3.8) is 0 Å². The number of aryl methyl sites for hydroxylation is 1. The van der Waals surface area contributed by atoms with Gasteiger partial charge in [-0.25, -0.2) is 0 Å². The summed E-state index contributed by atoms with van der Waals surface area (Å²) in [4.78, 5) is 2.54. The maximum Gasteiger partial charge on any atom is 0.0368 e. The van der Waals surface area contributed by atoms with Gasteiger partial charge in [0.05, 0.1) is 0 Å². The van der Waals surface area contributed by atoms with Gasteiger partial charge in [-0.05, 0) is 62.1 Å². The minimum atomic E-state index is 0.444. The van der Waals surface area contributed by atoms with Gasteiger partial charge in [0.25, 0.3) is 0 Å². The zero-order valence-electron chi connectivity index (χ0n) is 12.7. The van der Waals surface area contributed by atoms with Crippen LogP contribution in [0.25, 0.3) is 0 Å². The first-order chi connectivity index (χ1) is 9.72. The Morgan fingerprint density at radius 1 is 1.25 bits per heavy atom. The second-order valence-corrected chi connectivity index (χ2v) is 6.88. The number of hydrogen-bond donors (Lipinski definition) is 1. The highest BCUT2D eigenvalue weighted by atomic mass is 15.1. The van der Waals surface area contributed by atoms with E-state index in [1.165, 1.54) is 62.9 Å². The molecule has 20 heavy (non-hydrogen) atoms. The van der Waals surface area contributed by atoms with E-state index < -0.39 is 0 Å². The first-order valence-corrected chi connectivity index (χ1v) is 8.29. The standard InChI is InChI=1S/C18H28N2/c1-14-5-4-8-17(11-14)20-10-9-15(13-20)12-18(19)16-6-2-3-7-16/h4-5,8,11,15-16,18H,2-3,6-7,9-10,12-13,19H2,1H3. The third-order valence-corrected chi connectivity index (χ3v) is 5.26. The zero-order chi connectivity index (χ0) is 13.9. The molecular formula is C18H28N2. The summed E-state index contributed by atoms with van der Waals surface area (Å²) in [6.07, 6.45) is 8.09. The second kappa shape index (κ2) is 6.17. The molecule has 2 fully saturated rings. The fraction of sp³-hybridized carbons (Fsp3) is 0.667. The molecule has 1 aromatic carbocycles. The molecule has 2 atom stereocenters. The molecule has 2 nitrogen and oxygen atoms in total. The van der Waals surface area contributed by atoms with Crippen LogP contribution in [0, 0.1) is 18.8 Å². The minimum Gasteiger partial charge on any atom is -0.371 e. The van der Waals surface area contributed by atoms with Crippen molar-refractivity contribution in [2.45, 2.75) is 51.5 Å². The first kappa shape index (κ1) is 13.9. The number of nitrogens with two attached hydrogens (primary N) is 1. The predicted molar refractivity (Wildman–Crippen MR) is 86.0 cm³/mol. The van der Waals surface area contributed by atoms with E-state index in [-0.39, 0.29) is 0 Å². The molecule has 110 valence electrons. The smallest absolute Gasteiger partial charge is 0.0368 e. The summed E-state index contributed by atoms with van der Waals surface area (Å²) in [6, 6.07) is 9.33. The molecule has 0 amide bonds. The van der Waals surface area contributed by atoms with Gasteiger partial charge in [-0.1, -0.05) is 25.0 Å². The molecular weight excluding hydrogens is 244 g/mol. The van der Waals surface area contributed by atoms with Crippen LogP contribution >= 0.6 is 0 Å². The third kappa shape index (κ3) is 3.17. The predicted octanol–water partition coefficient (Wildman–Crippen LogP) is 3.73. The molecule has 2 unspecified atom stereocenters. The van der Waals surface area contributed by atoms with Gasteiger partial charge in [-0.2, -0.15) is 0 Å². The van der Waals surface area contributed by atoms with E-state index >= 15 is 0 Å². The van der Waals surface area contributed by atoms with Gasteiger partial charge < -0.3 is 10.6 Å². The van der Waals surface area contributed by atoms with Crippen molar-refractivity contribution >= 4 is 5.69 Å². The fourth-order valence-electron chi connectivity index (χ4n) is 4.05. The topological polar surface area (TPSA) is 29.3 Å². The van der Waals surface area contributed by atoms with Gasteiger partial charge in [0.2, 0.25) is 0 Å². The molecule has 2 N–H and O–H groups in total. The Kier molecular flexibility index (Phi) is 4.30. The lowest BCUT2D eigenvalue weighted by Gasteiger charge is -2.23. The lowest BCUT2D eigenvalue weighted by atomic mass is 9.89. The van der Waals surface area contributed by atoms with Crippen LogP contribution in [0.1, 0.15) is 44.1 Å². The first-order valence-electron chi connectivity index (χ1n) is 8.29. The quantitative estimate of drug-likeness (QED) is 0.905. The van der Waals surface area contributed by atoms with E-state index in [1.807, 2.05) is 0 Å². The van der Waals surface area contributed by atoms with Gasteiger partial charge in [-0.3, -0.25) is 0 Å². The lowest BCUT2D eigenvalue weighted by molar-refractivity contribution is 0.357. The highest BCUT2D eigenvalue weighted by Crippen LogP contribution is 2.32. The van der Waals surface area contributed by atoms with E-state index in [0.717, 1.165) is 11.8 Å². The molecule has 1 heterocycles. The molecule has 1 saturated heterocycles. The number of anilines is 1. The van der Waals surface area contributed by atoms with Crippen molar-refractivity contribution in [3.8, 4) is 0 Å². The SMILES string of the molecule is Cc1cccc(N2CCC(CC(N)C3CCCC3)C2)c1. The van der Waals surface area contributed by atoms with Crippen LogP contribution < -0.4 is 10.6 Å². The van der Waals surface area contributed by atoms with Crippen LogP contribution in [-0.4, -0.2) is 19.1 Å². The van der Waals surface area contributed by atoms with Crippen LogP contribution in [-0.2, 0) is 0 Å². The van der Waals surface area contributed by atoms with Crippen LogP contribution in [0.3, 0.4) is 0 Å². The summed E-state index contributed by atoms with van der Waals surface area (Å²) in [7, 11) is 0. The summed E-state index contributed by atoms with van der Waals surface area (Å²) in [5, 5.41) is 0. The van der Waals surface area contributed by atoms with Gasteiger partial charge >= 0.3 is 0 Å². The van der Waals surface area contributed by atoms with E-state index in [4.69, 9.17) is 5.73 Å². The maximum atomic E-state index is 6.45. The summed E-state index contributed by atoms with van der Waals surface area (Å²) in [5.74, 6) is 1.61. The zero-order valence-corrected chi connectivity index (χ0v) is 12.7. The molecule has 0 radical (unpaired) electrons. The van der Waals surface area contributed by atoms with Crippen LogP contribution in [0.2, 0.25) is 0 Å². The Bertz CT molecular complexity index is 437. The van der Waals surface area contributed by atoms with Crippen molar-refractivity contribution in [2.24, 2.45) is 17.6 Å². The summed E-state index contributed by atoms with van der Waals surface area (Å²) in [5.41, 5.74) is 9.19. The summed E-state index contributed by atoms with van der Waals surface area (Å²) in [6.45, 7) is 4.57. The van der Waals surface area contributed by atoms with Crippen LogP contribution in [0.4, 0.5) is 5.69 Å². The van der Waals surface area contributed by atoms with Gasteiger partial charge in [-0.15, -0.1) is 0 Å². The van der Waals surface area contributed by atoms with E-state index in [0.29, 0.717) is 6.04 Å². The number of rotatable bonds is 4. The fourth-order valence-corrected chi connectivity index (χ4v) is 4.05. The maximum absolute atomic E-state index is 6.45. The Balaban J connectivity index is 1.54. The third-order valence-electron chi connectivity index (χ3n) is 5.26. The van der Waals surface area contributed by atoms with Crippen molar-refractivity contribution in [2.75, 3.05) is 18.0 Å². The van der Waals surface area contributed by atoms with Crippen LogP contribution in [0.5, 0.6) is 0 Å². The molecule has 2 heteroatoms. The highest BCUT2D eigenvalue weighted by molar-refractivity contribution is 5.49. The molecule has 1 aliphatic carbocycles. The van der Waals surface area contributed by atoms with Crippen LogP contribution in [0.15, 0.2) is 24.3 Å². The molecule has 1 aliphatic heterocycles. The summed E-state index contributed by atoms with van der Waals surface area (Å²) >= 11 is 0. The molecule has 0 aromatic heterocycles. The Morgan fingerprint density at radius 3 is 2.80 bits per heavy atom. The van der Waals surface area contributed by atoms with Gasteiger partial charge in [0.1, 0.15) is 0 Å². The molecule has 0 spiro atoms. The molecule has 1 saturated carbocycles. The number of hydrogen-bond acceptors (Lipinski definition) is 2. The van der Waals surface area contributed by atoms with Crippen molar-refractivity contribution in [1.82, 2.24) is 0 Å². The Morgan fingerprint density at radius 2 is 2.05 bits per heavy atom. The average Bonchev–Trinajstić information content (AvgIpc) is 3.10. The van der Waals surface area contributed by atoms with Gasteiger partial charge in [0.15, 0.2) is 0 Å². The van der Waals surface area contributed by atoms with Gasteiger partial charge in [0, 0.05) is 24.8 Å². The van der Waals surface area contributed by atoms with Crippen molar-refractivity contribution in [3.05, 3.63) is 29.8 Å². The van der Waals surface area contributed by atoms with E-state index in [9.17, 15) is 0 Å². The normalized spacial score (nSPS) is 25.3. The monoisotopic (exact) mass is 272 g/mol. The van der Waals surface area contributed by atoms with E-state index in [2.05, 4.69) is 36.1 Å². The number of nitrogens with zero attached hydrogens (tertiary/aromatic N) is 1. The molecule has 2 aliphatic rings.